The van der Waals surface area contributed by atoms with E-state index in [4.69, 9.17) is 5.84 Å². The van der Waals surface area contributed by atoms with E-state index in [1.165, 1.54) is 9.75 Å². The number of aryl methyl sites for hydroxylation is 2. The molecule has 0 bridgehead atoms. The SMILES string of the molecule is CCc1cc2c(NCc3ncc(C)s3)nc(NN)nc2s1. The van der Waals surface area contributed by atoms with Crippen LogP contribution in [0.15, 0.2) is 12.3 Å². The molecule has 3 aromatic rings. The molecule has 0 aliphatic heterocycles. The number of nitrogens with two attached hydrogens (primary N) is 1. The maximum Gasteiger partial charge on any atom is 0.240 e. The molecule has 8 heteroatoms. The van der Waals surface area contributed by atoms with Crippen LogP contribution in [0.3, 0.4) is 0 Å². The van der Waals surface area contributed by atoms with Crippen LogP contribution in [0, 0.1) is 6.92 Å². The monoisotopic (exact) mass is 320 g/mol. The Morgan fingerprint density at radius 3 is 2.81 bits per heavy atom. The van der Waals surface area contributed by atoms with Crippen molar-refractivity contribution in [3.8, 4) is 0 Å². The van der Waals surface area contributed by atoms with Gasteiger partial charge < -0.3 is 5.32 Å². The highest BCUT2D eigenvalue weighted by atomic mass is 32.1. The van der Waals surface area contributed by atoms with Gasteiger partial charge in [0.2, 0.25) is 5.95 Å². The number of fused-ring (bicyclic) bond motifs is 1. The highest BCUT2D eigenvalue weighted by Crippen LogP contribution is 2.30. The van der Waals surface area contributed by atoms with Crippen molar-refractivity contribution in [1.82, 2.24) is 15.0 Å². The summed E-state index contributed by atoms with van der Waals surface area (Å²) >= 11 is 3.34. The number of aromatic nitrogens is 3. The molecule has 3 heterocycles. The largest absolute Gasteiger partial charge is 0.363 e. The van der Waals surface area contributed by atoms with Crippen molar-refractivity contribution in [3.63, 3.8) is 0 Å². The van der Waals surface area contributed by atoms with Gasteiger partial charge >= 0.3 is 0 Å². The second kappa shape index (κ2) is 5.92. The molecule has 4 N–H and O–H groups in total. The van der Waals surface area contributed by atoms with Crippen LogP contribution >= 0.6 is 22.7 Å². The van der Waals surface area contributed by atoms with E-state index in [0.29, 0.717) is 12.5 Å². The van der Waals surface area contributed by atoms with E-state index >= 15 is 0 Å². The van der Waals surface area contributed by atoms with Gasteiger partial charge in [-0.15, -0.1) is 22.7 Å². The maximum atomic E-state index is 5.45. The van der Waals surface area contributed by atoms with Crippen molar-refractivity contribution >= 4 is 44.7 Å². The van der Waals surface area contributed by atoms with Gasteiger partial charge in [-0.2, -0.15) is 4.98 Å². The molecule has 0 spiro atoms. The zero-order valence-electron chi connectivity index (χ0n) is 11.8. The van der Waals surface area contributed by atoms with Gasteiger partial charge in [-0.25, -0.2) is 15.8 Å². The van der Waals surface area contributed by atoms with Gasteiger partial charge in [0.1, 0.15) is 15.7 Å². The van der Waals surface area contributed by atoms with Crippen molar-refractivity contribution in [1.29, 1.82) is 0 Å². The van der Waals surface area contributed by atoms with Crippen LogP contribution < -0.4 is 16.6 Å². The first-order chi connectivity index (χ1) is 10.2. The summed E-state index contributed by atoms with van der Waals surface area (Å²) in [6.45, 7) is 4.82. The molecule has 0 aliphatic rings. The quantitative estimate of drug-likeness (QED) is 0.495. The fourth-order valence-electron chi connectivity index (χ4n) is 1.99. The molecule has 6 nitrogen and oxygen atoms in total. The minimum Gasteiger partial charge on any atom is -0.363 e. The van der Waals surface area contributed by atoms with Gasteiger partial charge in [-0.3, -0.25) is 5.43 Å². The number of rotatable bonds is 5. The summed E-state index contributed by atoms with van der Waals surface area (Å²) in [7, 11) is 0. The predicted molar refractivity (Wildman–Crippen MR) is 88.8 cm³/mol. The zero-order chi connectivity index (χ0) is 14.8. The molecule has 0 aliphatic carbocycles. The van der Waals surface area contributed by atoms with Crippen molar-refractivity contribution in [2.24, 2.45) is 5.84 Å². The van der Waals surface area contributed by atoms with Crippen molar-refractivity contribution < 1.29 is 0 Å². The molecule has 110 valence electrons. The first-order valence-corrected chi connectivity index (χ1v) is 8.25. The molecule has 0 amide bonds. The van der Waals surface area contributed by atoms with E-state index < -0.39 is 0 Å². The number of hydrogen-bond acceptors (Lipinski definition) is 8. The Labute approximate surface area is 130 Å². The number of hydrogen-bond donors (Lipinski definition) is 3. The molecule has 0 fully saturated rings. The Balaban J connectivity index is 1.93. The molecular formula is C13H16N6S2. The van der Waals surface area contributed by atoms with Crippen LogP contribution in [0.4, 0.5) is 11.8 Å². The molecule has 0 saturated heterocycles. The van der Waals surface area contributed by atoms with Gasteiger partial charge in [-0.1, -0.05) is 6.92 Å². The van der Waals surface area contributed by atoms with Crippen molar-refractivity contribution in [2.75, 3.05) is 10.7 Å². The van der Waals surface area contributed by atoms with Crippen LogP contribution in [0.2, 0.25) is 0 Å². The summed E-state index contributed by atoms with van der Waals surface area (Å²) in [5.74, 6) is 6.66. The number of anilines is 2. The zero-order valence-corrected chi connectivity index (χ0v) is 13.4. The fraction of sp³-hybridized carbons (Fsp3) is 0.308. The summed E-state index contributed by atoms with van der Waals surface area (Å²) in [5, 5.41) is 5.40. The first kappa shape index (κ1) is 14.2. The Kier molecular flexibility index (Phi) is 4.00. The lowest BCUT2D eigenvalue weighted by Gasteiger charge is -2.06. The Hall–Kier alpha value is -1.77. The molecule has 3 aromatic heterocycles. The Morgan fingerprint density at radius 1 is 1.29 bits per heavy atom. The van der Waals surface area contributed by atoms with E-state index in [1.54, 1.807) is 22.7 Å². The lowest BCUT2D eigenvalue weighted by Crippen LogP contribution is -2.12. The van der Waals surface area contributed by atoms with Gasteiger partial charge in [0.15, 0.2) is 0 Å². The van der Waals surface area contributed by atoms with Crippen LogP contribution in [0.25, 0.3) is 10.2 Å². The van der Waals surface area contributed by atoms with Gasteiger partial charge in [0.25, 0.3) is 0 Å². The lowest BCUT2D eigenvalue weighted by molar-refractivity contribution is 1.07. The van der Waals surface area contributed by atoms with E-state index in [9.17, 15) is 0 Å². The molecule has 0 saturated carbocycles. The molecule has 3 rings (SSSR count). The number of hydrazine groups is 1. The Morgan fingerprint density at radius 2 is 2.14 bits per heavy atom. The molecule has 21 heavy (non-hydrogen) atoms. The molecular weight excluding hydrogens is 304 g/mol. The molecule has 0 atom stereocenters. The van der Waals surface area contributed by atoms with E-state index in [0.717, 1.165) is 27.5 Å². The third kappa shape index (κ3) is 2.97. The summed E-state index contributed by atoms with van der Waals surface area (Å²) in [4.78, 5) is 16.6. The third-order valence-electron chi connectivity index (χ3n) is 3.00. The van der Waals surface area contributed by atoms with Gasteiger partial charge in [-0.05, 0) is 19.4 Å². The fourth-order valence-corrected chi connectivity index (χ4v) is 3.68. The van der Waals surface area contributed by atoms with Gasteiger partial charge in [0, 0.05) is 16.0 Å². The summed E-state index contributed by atoms with van der Waals surface area (Å²) in [6, 6.07) is 2.13. The normalized spacial score (nSPS) is 11.0. The maximum absolute atomic E-state index is 5.45. The second-order valence-electron chi connectivity index (χ2n) is 4.54. The minimum atomic E-state index is 0.421. The third-order valence-corrected chi connectivity index (χ3v) is 5.08. The van der Waals surface area contributed by atoms with Crippen LogP contribution in [-0.4, -0.2) is 15.0 Å². The smallest absolute Gasteiger partial charge is 0.240 e. The average molecular weight is 320 g/mol. The Bertz CT molecular complexity index is 763. The molecule has 0 unspecified atom stereocenters. The number of thiazole rings is 1. The van der Waals surface area contributed by atoms with Crippen molar-refractivity contribution in [3.05, 3.63) is 27.0 Å². The summed E-state index contributed by atoms with van der Waals surface area (Å²) in [5.41, 5.74) is 2.52. The number of thiophene rings is 1. The van der Waals surface area contributed by atoms with Crippen LogP contribution in [0.1, 0.15) is 21.7 Å². The van der Waals surface area contributed by atoms with E-state index in [-0.39, 0.29) is 0 Å². The topological polar surface area (TPSA) is 88.8 Å². The lowest BCUT2D eigenvalue weighted by atomic mass is 10.3. The number of nitrogens with one attached hydrogen (secondary N) is 2. The summed E-state index contributed by atoms with van der Waals surface area (Å²) < 4.78 is 0. The first-order valence-electron chi connectivity index (χ1n) is 6.62. The standard InChI is InChI=1S/C13H16N6S2/c1-3-8-4-9-11(16-6-10-15-5-7(2)20-10)17-13(19-14)18-12(9)21-8/h4-5H,3,6,14H2,1-2H3,(H2,16,17,18,19). The van der Waals surface area contributed by atoms with E-state index in [2.05, 4.69) is 38.7 Å². The average Bonchev–Trinajstić information content (AvgIpc) is 3.10. The van der Waals surface area contributed by atoms with Gasteiger partial charge in [0.05, 0.1) is 11.9 Å². The number of nitrogen functional groups attached to an aromatic ring is 1. The van der Waals surface area contributed by atoms with Crippen molar-refractivity contribution in [2.45, 2.75) is 26.8 Å². The highest BCUT2D eigenvalue weighted by Gasteiger charge is 2.11. The van der Waals surface area contributed by atoms with Crippen LogP contribution in [-0.2, 0) is 13.0 Å². The van der Waals surface area contributed by atoms with Crippen LogP contribution in [0.5, 0.6) is 0 Å². The molecule has 0 radical (unpaired) electrons. The minimum absolute atomic E-state index is 0.421. The molecule has 0 aromatic carbocycles. The summed E-state index contributed by atoms with van der Waals surface area (Å²) in [6.07, 6.45) is 2.86. The predicted octanol–water partition coefficient (Wildman–Crippen LogP) is 2.92. The number of nitrogens with zero attached hydrogens (tertiary/aromatic N) is 3. The second-order valence-corrected chi connectivity index (χ2v) is 6.98. The van der Waals surface area contributed by atoms with E-state index in [1.807, 2.05) is 13.1 Å². The highest BCUT2D eigenvalue weighted by molar-refractivity contribution is 7.18.